The number of likely N-dealkylation sites (tertiary alicyclic amines) is 1. The summed E-state index contributed by atoms with van der Waals surface area (Å²) in [6, 6.07) is 5.73. The minimum atomic E-state index is -4.44. The summed E-state index contributed by atoms with van der Waals surface area (Å²) in [5.41, 5.74) is -1.76. The van der Waals surface area contributed by atoms with Crippen molar-refractivity contribution in [2.45, 2.75) is 133 Å². The molecule has 1 aromatic carbocycles. The van der Waals surface area contributed by atoms with Crippen LogP contribution in [0.1, 0.15) is 96.7 Å². The van der Waals surface area contributed by atoms with Gasteiger partial charge in [0.2, 0.25) is 11.8 Å². The Hall–Kier alpha value is -4.19. The predicted molar refractivity (Wildman–Crippen MR) is 200 cm³/mol. The molecule has 4 N–H and O–H groups in total. The summed E-state index contributed by atoms with van der Waals surface area (Å²) in [6.45, 7) is 9.26. The van der Waals surface area contributed by atoms with Crippen LogP contribution in [0.2, 0.25) is 0 Å². The molecule has 0 spiro atoms. The molecule has 2 heterocycles. The van der Waals surface area contributed by atoms with Gasteiger partial charge >= 0.3 is 16.4 Å². The van der Waals surface area contributed by atoms with E-state index in [1.165, 1.54) is 17.0 Å². The van der Waals surface area contributed by atoms with Crippen molar-refractivity contribution < 1.29 is 46.0 Å². The van der Waals surface area contributed by atoms with E-state index in [0.717, 1.165) is 38.5 Å². The van der Waals surface area contributed by atoms with Crippen molar-refractivity contribution in [3.8, 4) is 17.1 Å². The molecule has 2 unspecified atom stereocenters. The van der Waals surface area contributed by atoms with Crippen LogP contribution in [-0.2, 0) is 28.8 Å². The maximum atomic E-state index is 14.9. The van der Waals surface area contributed by atoms with Gasteiger partial charge in [0.15, 0.2) is 0 Å². The van der Waals surface area contributed by atoms with Crippen molar-refractivity contribution in [3.63, 3.8) is 0 Å². The molecule has 1 aliphatic heterocycles. The van der Waals surface area contributed by atoms with Crippen molar-refractivity contribution in [1.82, 2.24) is 30.2 Å². The molecule has 0 radical (unpaired) electrons. The third-order valence-electron chi connectivity index (χ3n) is 11.2. The van der Waals surface area contributed by atoms with Gasteiger partial charge in [-0.1, -0.05) is 39.0 Å². The fourth-order valence-corrected chi connectivity index (χ4v) is 8.63. The summed E-state index contributed by atoms with van der Waals surface area (Å²) >= 11 is 0. The highest BCUT2D eigenvalue weighted by molar-refractivity contribution is 7.85. The number of aliphatic hydroxyl groups is 1. The van der Waals surface area contributed by atoms with Crippen LogP contribution in [0.4, 0.5) is 9.18 Å². The number of hydrogen-bond acceptors (Lipinski definition) is 12. The van der Waals surface area contributed by atoms with Gasteiger partial charge in [0.1, 0.15) is 35.6 Å². The molecule has 56 heavy (non-hydrogen) atoms. The number of nitrogens with one attached hydrogen (secondary N) is 3. The van der Waals surface area contributed by atoms with E-state index in [1.807, 2.05) is 25.5 Å². The van der Waals surface area contributed by atoms with Crippen molar-refractivity contribution in [2.24, 2.45) is 11.3 Å². The molecule has 6 atom stereocenters. The number of ether oxygens (including phenoxy) is 2. The van der Waals surface area contributed by atoms with Gasteiger partial charge < -0.3 is 25.2 Å². The first kappa shape index (κ1) is 40.0. The van der Waals surface area contributed by atoms with Gasteiger partial charge in [0.25, 0.3) is 5.91 Å². The number of aliphatic hydroxyl groups excluding tert-OH is 1. The second-order valence-corrected chi connectivity index (χ2v) is 18.1. The Morgan fingerprint density at radius 1 is 1.05 bits per heavy atom. The second-order valence-electron chi connectivity index (χ2n) is 16.8. The number of aromatic nitrogens is 2. The van der Waals surface area contributed by atoms with Crippen LogP contribution in [0.3, 0.4) is 0 Å². The number of benzene rings is 1. The van der Waals surface area contributed by atoms with Gasteiger partial charge in [0, 0.05) is 36.4 Å². The molecule has 4 saturated carbocycles. The Balaban J connectivity index is 1.16. The monoisotopic (exact) mass is 798 g/mol. The molecule has 0 bridgehead atoms. The zero-order valence-corrected chi connectivity index (χ0v) is 32.7. The predicted octanol–water partition coefficient (Wildman–Crippen LogP) is 3.98. The average Bonchev–Trinajstić information content (AvgIpc) is 4.10. The van der Waals surface area contributed by atoms with Crippen LogP contribution in [0.5, 0.6) is 5.88 Å². The summed E-state index contributed by atoms with van der Waals surface area (Å²) < 4.78 is 59.2. The summed E-state index contributed by atoms with van der Waals surface area (Å²) in [5.74, 6) is -1.90. The molecule has 4 aliphatic carbocycles. The summed E-state index contributed by atoms with van der Waals surface area (Å²) in [4.78, 5) is 51.9. The number of halogens is 1. The van der Waals surface area contributed by atoms with E-state index in [1.54, 1.807) is 24.3 Å². The fourth-order valence-electron chi connectivity index (χ4n) is 7.62. The highest BCUT2D eigenvalue weighted by Crippen LogP contribution is 2.46. The molecule has 1 aromatic heterocycles. The van der Waals surface area contributed by atoms with Crippen LogP contribution in [0.15, 0.2) is 43.0 Å². The molecule has 15 nitrogen and oxygen atoms in total. The first-order chi connectivity index (χ1) is 26.5. The lowest BCUT2D eigenvalue weighted by Gasteiger charge is -2.40. The van der Waals surface area contributed by atoms with Crippen molar-refractivity contribution in [1.29, 1.82) is 0 Å². The maximum absolute atomic E-state index is 14.9. The SMILES string of the molecule is C=C[C@@H]1C[C@]1(NC(=O)[C@@H]1CC(Oc2cc(-c3ccccc3F)nc(C3CC3)n2)CN1C(O)[C@@H](NC(=O)OC1CCCC1)C(C)(C)C)C(=O)NS(=O)(=O)OC1CC1. The van der Waals surface area contributed by atoms with E-state index in [2.05, 4.69) is 27.2 Å². The van der Waals surface area contributed by atoms with Gasteiger partial charge in [-0.25, -0.2) is 18.9 Å². The topological polar surface area (TPSA) is 198 Å². The Labute approximate surface area is 326 Å². The maximum Gasteiger partial charge on any atom is 0.407 e. The normalized spacial score (nSPS) is 26.6. The van der Waals surface area contributed by atoms with Gasteiger partial charge in [-0.2, -0.15) is 13.4 Å². The highest BCUT2D eigenvalue weighted by atomic mass is 32.2. The van der Waals surface area contributed by atoms with Crippen molar-refractivity contribution >= 4 is 28.2 Å². The minimum Gasteiger partial charge on any atom is -0.473 e. The van der Waals surface area contributed by atoms with Crippen LogP contribution in [-0.4, -0.2) is 95.0 Å². The zero-order valence-electron chi connectivity index (χ0n) is 31.9. The molecule has 1 saturated heterocycles. The first-order valence-electron chi connectivity index (χ1n) is 19.5. The standard InChI is InChI=1S/C39H51FN6O9S/c1-5-23-20-39(23,36(49)45-56(51,52)55-25-16-17-25)44-34(47)30-18-26(21-46(30)35(48)32(38(2,3)4)43-37(50)54-24-10-6-7-11-24)53-31-19-29(27-12-8-9-13-28(27)40)41-33(42-31)22-14-15-22/h5,8-9,12-13,19,22-26,30,32,35,48H,1,6-7,10-11,14-18,20-21H2,2-4H3,(H,43,50)(H,44,47)(H,45,49)/t23-,26?,30+,32-,35?,39-/m1/s1. The number of hydrogen-bond donors (Lipinski definition) is 4. The molecule has 2 aromatic rings. The third-order valence-corrected chi connectivity index (χ3v) is 12.1. The summed E-state index contributed by atoms with van der Waals surface area (Å²) in [6.07, 6.45) is 4.23. The van der Waals surface area contributed by atoms with E-state index in [9.17, 15) is 32.3 Å². The number of carbonyl (C=O) groups is 3. The summed E-state index contributed by atoms with van der Waals surface area (Å²) in [7, 11) is -4.44. The number of carbonyl (C=O) groups excluding carboxylic acids is 3. The number of alkyl carbamates (subject to hydrolysis) is 1. The average molecular weight is 799 g/mol. The fraction of sp³-hybridized carbons (Fsp3) is 0.615. The minimum absolute atomic E-state index is 0.00359. The summed E-state index contributed by atoms with van der Waals surface area (Å²) in [5, 5.41) is 17.8. The van der Waals surface area contributed by atoms with E-state index >= 15 is 0 Å². The lowest BCUT2D eigenvalue weighted by Crippen LogP contribution is -2.62. The molecule has 17 heteroatoms. The number of amides is 3. The Morgan fingerprint density at radius 2 is 1.77 bits per heavy atom. The molecular formula is C39H51FN6O9S. The Bertz CT molecular complexity index is 1950. The van der Waals surface area contributed by atoms with Gasteiger partial charge in [-0.3, -0.25) is 18.7 Å². The van der Waals surface area contributed by atoms with Gasteiger partial charge in [0.05, 0.1) is 23.9 Å². The Kier molecular flexibility index (Phi) is 11.2. The molecule has 5 aliphatic rings. The van der Waals surface area contributed by atoms with Crippen molar-refractivity contribution in [2.75, 3.05) is 6.54 Å². The van der Waals surface area contributed by atoms with Crippen LogP contribution < -0.4 is 20.1 Å². The number of rotatable bonds is 15. The lowest BCUT2D eigenvalue weighted by molar-refractivity contribution is -0.136. The zero-order chi connectivity index (χ0) is 40.0. The van der Waals surface area contributed by atoms with Gasteiger partial charge in [-0.05, 0) is 75.3 Å². The third kappa shape index (κ3) is 9.16. The second kappa shape index (κ2) is 15.6. The molecular weight excluding hydrogens is 748 g/mol. The highest BCUT2D eigenvalue weighted by Gasteiger charge is 2.62. The molecule has 3 amide bonds. The van der Waals surface area contributed by atoms with Crippen molar-refractivity contribution in [3.05, 3.63) is 54.6 Å². The van der Waals surface area contributed by atoms with E-state index < -0.39 is 81.4 Å². The van der Waals surface area contributed by atoms with E-state index in [0.29, 0.717) is 24.4 Å². The quantitative estimate of drug-likeness (QED) is 0.190. The van der Waals surface area contributed by atoms with Crippen LogP contribution in [0, 0.1) is 17.2 Å². The first-order valence-corrected chi connectivity index (χ1v) is 20.9. The van der Waals surface area contributed by atoms with E-state index in [4.69, 9.17) is 13.7 Å². The van der Waals surface area contributed by atoms with Gasteiger partial charge in [-0.15, -0.1) is 6.58 Å². The van der Waals surface area contributed by atoms with Crippen LogP contribution >= 0.6 is 0 Å². The lowest BCUT2D eigenvalue weighted by atomic mass is 9.85. The van der Waals surface area contributed by atoms with Crippen LogP contribution in [0.25, 0.3) is 11.3 Å². The Morgan fingerprint density at radius 3 is 2.39 bits per heavy atom. The smallest absolute Gasteiger partial charge is 0.407 e. The van der Waals surface area contributed by atoms with E-state index in [-0.39, 0.29) is 42.9 Å². The number of nitrogens with zero attached hydrogens (tertiary/aromatic N) is 3. The largest absolute Gasteiger partial charge is 0.473 e. The molecule has 7 rings (SSSR count). The molecule has 304 valence electrons. The molecule has 5 fully saturated rings.